The Morgan fingerprint density at radius 2 is 2.12 bits per heavy atom. The van der Waals surface area contributed by atoms with Crippen LogP contribution in [0, 0.1) is 5.82 Å². The number of ether oxygens (including phenoxy) is 1. The van der Waals surface area contributed by atoms with Crippen LogP contribution in [-0.2, 0) is 14.6 Å². The third-order valence-electron chi connectivity index (χ3n) is 2.46. The summed E-state index contributed by atoms with van der Waals surface area (Å²) in [6.07, 6.45) is -0.138. The van der Waals surface area contributed by atoms with Crippen molar-refractivity contribution in [2.45, 2.75) is 11.3 Å². The second-order valence-corrected chi connectivity index (χ2v) is 5.68. The Bertz CT molecular complexity index is 582. The quantitative estimate of drug-likeness (QED) is 0.762. The van der Waals surface area contributed by atoms with Crippen LogP contribution in [0.5, 0.6) is 5.75 Å². The van der Waals surface area contributed by atoms with Gasteiger partial charge < -0.3 is 10.1 Å². The normalized spacial score (nSPS) is 17.9. The van der Waals surface area contributed by atoms with Crippen molar-refractivity contribution < 1.29 is 22.3 Å². The summed E-state index contributed by atoms with van der Waals surface area (Å²) in [6, 6.07) is 2.04. The maximum Gasteiger partial charge on any atom is 0.225 e. The molecule has 0 aromatic heterocycles. The van der Waals surface area contributed by atoms with Gasteiger partial charge in [0.15, 0.2) is 21.4 Å². The molecule has 5 nitrogen and oxygen atoms in total. The van der Waals surface area contributed by atoms with E-state index in [1.54, 1.807) is 0 Å². The van der Waals surface area contributed by atoms with Crippen LogP contribution in [0.25, 0.3) is 0 Å². The molecule has 0 spiro atoms. The molecule has 0 atom stereocenters. The van der Waals surface area contributed by atoms with E-state index in [9.17, 15) is 17.6 Å². The zero-order valence-corrected chi connectivity index (χ0v) is 9.80. The van der Waals surface area contributed by atoms with E-state index in [0.29, 0.717) is 0 Å². The first kappa shape index (κ1) is 11.8. The number of methoxy groups -OCH3 is 1. The first-order valence-corrected chi connectivity index (χ1v) is 6.49. The lowest BCUT2D eigenvalue weighted by Crippen LogP contribution is -2.11. The first-order valence-electron chi connectivity index (χ1n) is 4.84. The first-order chi connectivity index (χ1) is 7.94. The number of hydrogen-bond acceptors (Lipinski definition) is 4. The van der Waals surface area contributed by atoms with Crippen LogP contribution in [0.15, 0.2) is 17.0 Å². The van der Waals surface area contributed by atoms with E-state index in [1.165, 1.54) is 7.11 Å². The van der Waals surface area contributed by atoms with Crippen LogP contribution < -0.4 is 10.1 Å². The molecular weight excluding hydrogens is 249 g/mol. The standard InChI is InChI=1S/C10H10FNO4S/c1-16-8-5-9-7(4-6(8)11)12-10(13)2-3-17(9,14)15/h4-5H,2-3H2,1H3,(H,12,13). The highest BCUT2D eigenvalue weighted by molar-refractivity contribution is 7.91. The number of benzene rings is 1. The fourth-order valence-electron chi connectivity index (χ4n) is 1.60. The van der Waals surface area contributed by atoms with Gasteiger partial charge in [-0.25, -0.2) is 12.8 Å². The fraction of sp³-hybridized carbons (Fsp3) is 0.300. The third-order valence-corrected chi connectivity index (χ3v) is 4.21. The minimum Gasteiger partial charge on any atom is -0.494 e. The van der Waals surface area contributed by atoms with E-state index in [2.05, 4.69) is 5.32 Å². The van der Waals surface area contributed by atoms with Gasteiger partial charge in [0.1, 0.15) is 0 Å². The number of rotatable bonds is 1. The summed E-state index contributed by atoms with van der Waals surface area (Å²) in [5.74, 6) is -1.62. The van der Waals surface area contributed by atoms with Crippen molar-refractivity contribution in [1.29, 1.82) is 0 Å². The Morgan fingerprint density at radius 3 is 2.76 bits per heavy atom. The maximum atomic E-state index is 13.4. The molecule has 7 heteroatoms. The highest BCUT2D eigenvalue weighted by Crippen LogP contribution is 2.32. The molecule has 0 radical (unpaired) electrons. The lowest BCUT2D eigenvalue weighted by molar-refractivity contribution is -0.115. The number of carbonyl (C=O) groups is 1. The summed E-state index contributed by atoms with van der Waals surface area (Å²) >= 11 is 0. The van der Waals surface area contributed by atoms with E-state index in [1.807, 2.05) is 0 Å². The topological polar surface area (TPSA) is 72.5 Å². The van der Waals surface area contributed by atoms with E-state index < -0.39 is 21.6 Å². The lowest BCUT2D eigenvalue weighted by Gasteiger charge is -2.09. The zero-order valence-electron chi connectivity index (χ0n) is 8.99. The van der Waals surface area contributed by atoms with E-state index in [4.69, 9.17) is 4.74 Å². The van der Waals surface area contributed by atoms with E-state index >= 15 is 0 Å². The summed E-state index contributed by atoms with van der Waals surface area (Å²) in [7, 11) is -2.35. The van der Waals surface area contributed by atoms with Crippen LogP contribution in [0.1, 0.15) is 6.42 Å². The molecule has 1 aliphatic rings. The van der Waals surface area contributed by atoms with Crippen LogP contribution in [0.3, 0.4) is 0 Å². The van der Waals surface area contributed by atoms with Crippen molar-refractivity contribution in [2.75, 3.05) is 18.2 Å². The molecule has 2 rings (SSSR count). The van der Waals surface area contributed by atoms with Gasteiger partial charge in [-0.1, -0.05) is 0 Å². The average Bonchev–Trinajstić information content (AvgIpc) is 2.36. The molecule has 0 bridgehead atoms. The SMILES string of the molecule is COc1cc2c(cc1F)NC(=O)CCS2(=O)=O. The number of hydrogen-bond donors (Lipinski definition) is 1. The highest BCUT2D eigenvalue weighted by atomic mass is 32.2. The van der Waals surface area contributed by atoms with Gasteiger partial charge in [-0.05, 0) is 0 Å². The van der Waals surface area contributed by atoms with Crippen LogP contribution in [0.2, 0.25) is 0 Å². The Hall–Kier alpha value is -1.63. The summed E-state index contributed by atoms with van der Waals surface area (Å²) < 4.78 is 41.8. The molecule has 0 aliphatic carbocycles. The number of anilines is 1. The predicted molar refractivity (Wildman–Crippen MR) is 58.3 cm³/mol. The minimum atomic E-state index is -3.59. The molecule has 0 fully saturated rings. The Labute approximate surface area is 97.5 Å². The smallest absolute Gasteiger partial charge is 0.225 e. The molecule has 1 N–H and O–H groups in total. The maximum absolute atomic E-state index is 13.4. The molecule has 92 valence electrons. The van der Waals surface area contributed by atoms with Crippen molar-refractivity contribution in [3.05, 3.63) is 17.9 Å². The second kappa shape index (κ2) is 3.99. The molecular formula is C10H10FNO4S. The Morgan fingerprint density at radius 1 is 1.41 bits per heavy atom. The van der Waals surface area contributed by atoms with Gasteiger partial charge in [0.25, 0.3) is 0 Å². The number of nitrogens with one attached hydrogen (secondary N) is 1. The number of sulfone groups is 1. The van der Waals surface area contributed by atoms with Crippen molar-refractivity contribution >= 4 is 21.4 Å². The Balaban J connectivity index is 2.68. The largest absolute Gasteiger partial charge is 0.494 e. The van der Waals surface area contributed by atoms with Gasteiger partial charge in [0.2, 0.25) is 5.91 Å². The van der Waals surface area contributed by atoms with Crippen LogP contribution >= 0.6 is 0 Å². The van der Waals surface area contributed by atoms with Gasteiger partial charge in [0.05, 0.1) is 23.4 Å². The van der Waals surface area contributed by atoms with Crippen LogP contribution in [-0.4, -0.2) is 27.2 Å². The number of amides is 1. The van der Waals surface area contributed by atoms with Crippen molar-refractivity contribution in [1.82, 2.24) is 0 Å². The molecule has 0 saturated heterocycles. The summed E-state index contributed by atoms with van der Waals surface area (Å²) in [5, 5.41) is 2.36. The molecule has 1 aromatic carbocycles. The summed E-state index contributed by atoms with van der Waals surface area (Å²) in [4.78, 5) is 11.2. The van der Waals surface area contributed by atoms with Gasteiger partial charge in [0, 0.05) is 18.6 Å². The molecule has 1 aliphatic heterocycles. The third kappa shape index (κ3) is 2.10. The molecule has 0 unspecified atom stereocenters. The van der Waals surface area contributed by atoms with Gasteiger partial charge >= 0.3 is 0 Å². The minimum absolute atomic E-state index is 0.0363. The summed E-state index contributed by atoms with van der Waals surface area (Å²) in [6.45, 7) is 0. The van der Waals surface area contributed by atoms with E-state index in [0.717, 1.165) is 12.1 Å². The van der Waals surface area contributed by atoms with Gasteiger partial charge in [-0.3, -0.25) is 4.79 Å². The van der Waals surface area contributed by atoms with Gasteiger partial charge in [-0.15, -0.1) is 0 Å². The van der Waals surface area contributed by atoms with Crippen molar-refractivity contribution in [2.24, 2.45) is 0 Å². The second-order valence-electron chi connectivity index (χ2n) is 3.60. The monoisotopic (exact) mass is 259 g/mol. The van der Waals surface area contributed by atoms with Crippen molar-refractivity contribution in [3.63, 3.8) is 0 Å². The molecule has 1 amide bonds. The molecule has 0 saturated carbocycles. The molecule has 17 heavy (non-hydrogen) atoms. The number of fused-ring (bicyclic) bond motifs is 1. The predicted octanol–water partition coefficient (Wildman–Crippen LogP) is 0.950. The molecule has 1 aromatic rings. The van der Waals surface area contributed by atoms with Crippen LogP contribution in [0.4, 0.5) is 10.1 Å². The highest BCUT2D eigenvalue weighted by Gasteiger charge is 2.27. The fourth-order valence-corrected chi connectivity index (χ4v) is 3.00. The van der Waals surface area contributed by atoms with Gasteiger partial charge in [-0.2, -0.15) is 0 Å². The average molecular weight is 259 g/mol. The summed E-state index contributed by atoms with van der Waals surface area (Å²) in [5.41, 5.74) is -0.0363. The van der Waals surface area contributed by atoms with Crippen molar-refractivity contribution in [3.8, 4) is 5.75 Å². The number of halogens is 1. The number of carbonyl (C=O) groups excluding carboxylic acids is 1. The van der Waals surface area contributed by atoms with E-state index in [-0.39, 0.29) is 28.5 Å². The lowest BCUT2D eigenvalue weighted by atomic mass is 10.2. The zero-order chi connectivity index (χ0) is 12.6. The Kier molecular flexibility index (Phi) is 2.78. The molecule has 1 heterocycles.